The van der Waals surface area contributed by atoms with Gasteiger partial charge in [-0.2, -0.15) is 5.06 Å². The van der Waals surface area contributed by atoms with Gasteiger partial charge >= 0.3 is 0 Å². The van der Waals surface area contributed by atoms with E-state index < -0.39 is 0 Å². The molecule has 29 heavy (non-hydrogen) atoms. The number of nitrogens with one attached hydrogen (secondary N) is 1. The molecule has 4 N–H and O–H groups in total. The van der Waals surface area contributed by atoms with Crippen molar-refractivity contribution in [2.24, 2.45) is 0 Å². The molecule has 0 spiro atoms. The fraction of sp³-hybridized carbons (Fsp3) is 0.273. The number of nitrogens with two attached hydrogens (primary N) is 1. The number of thiazole rings is 1. The molecule has 152 valence electrons. The summed E-state index contributed by atoms with van der Waals surface area (Å²) >= 11 is 1.33. The van der Waals surface area contributed by atoms with Crippen molar-refractivity contribution in [1.82, 2.24) is 10.0 Å². The van der Waals surface area contributed by atoms with Crippen LogP contribution in [0.3, 0.4) is 0 Å². The average Bonchev–Trinajstić information content (AvgIpc) is 3.12. The Bertz CT molecular complexity index is 912. The Morgan fingerprint density at radius 1 is 1.21 bits per heavy atom. The minimum atomic E-state index is -0.125. The van der Waals surface area contributed by atoms with E-state index in [4.69, 9.17) is 5.73 Å². The van der Waals surface area contributed by atoms with Gasteiger partial charge in [-0.3, -0.25) is 4.79 Å². The first kappa shape index (κ1) is 21.0. The molecule has 0 fully saturated rings. The maximum Gasteiger partial charge on any atom is 0.230 e. The lowest BCUT2D eigenvalue weighted by Gasteiger charge is -2.20. The quantitative estimate of drug-likeness (QED) is 0.465. The third kappa shape index (κ3) is 6.67. The maximum atomic E-state index is 12.1. The molecule has 6 nitrogen and oxygen atoms in total. The molecular weight excluding hydrogens is 384 g/mol. The van der Waals surface area contributed by atoms with Crippen molar-refractivity contribution in [3.63, 3.8) is 0 Å². The number of nitrogen functional groups attached to an aromatic ring is 1. The molecule has 1 heterocycles. The van der Waals surface area contributed by atoms with Crippen molar-refractivity contribution >= 4 is 28.1 Å². The Hall–Kier alpha value is -2.74. The second-order valence-corrected chi connectivity index (χ2v) is 7.96. The summed E-state index contributed by atoms with van der Waals surface area (Å²) in [5.74, 6) is 0.131. The fourth-order valence-electron chi connectivity index (χ4n) is 3.08. The van der Waals surface area contributed by atoms with E-state index >= 15 is 0 Å². The third-order valence-corrected chi connectivity index (χ3v) is 5.38. The van der Waals surface area contributed by atoms with Gasteiger partial charge in [0.25, 0.3) is 0 Å². The lowest BCUT2D eigenvalue weighted by atomic mass is 10.0. The number of nitrogens with zero attached hydrogens (tertiary/aromatic N) is 2. The highest BCUT2D eigenvalue weighted by atomic mass is 32.1. The fourth-order valence-corrected chi connectivity index (χ4v) is 3.64. The monoisotopic (exact) mass is 410 g/mol. The van der Waals surface area contributed by atoms with Gasteiger partial charge in [0.05, 0.1) is 12.1 Å². The molecule has 0 saturated carbocycles. The van der Waals surface area contributed by atoms with Gasteiger partial charge < -0.3 is 16.3 Å². The number of hydrogen-bond donors (Lipinski definition) is 3. The maximum absolute atomic E-state index is 12.1. The molecule has 0 saturated heterocycles. The highest BCUT2D eigenvalue weighted by Crippen LogP contribution is 2.16. The first-order valence-corrected chi connectivity index (χ1v) is 10.4. The molecule has 2 aromatic carbocycles. The topological polar surface area (TPSA) is 91.5 Å². The van der Waals surface area contributed by atoms with Crippen LogP contribution in [-0.2, 0) is 17.6 Å². The van der Waals surface area contributed by atoms with E-state index in [0.717, 1.165) is 17.7 Å². The summed E-state index contributed by atoms with van der Waals surface area (Å²) in [6.45, 7) is 3.24. The van der Waals surface area contributed by atoms with Crippen molar-refractivity contribution in [2.75, 3.05) is 24.1 Å². The van der Waals surface area contributed by atoms with Gasteiger partial charge in [-0.15, -0.1) is 11.3 Å². The zero-order valence-electron chi connectivity index (χ0n) is 16.4. The standard InChI is InChI=1S/C22H26N4O2S/c1-16(18-5-3-2-4-6-18)14-26(28)12-11-17-7-9-19(10-8-17)24-21(27)13-20-15-29-22(23)25-20/h2-10,15-16,28H,11-14H2,1H3,(H2,23,25)(H,24,27)/t16-/m0/s1. The van der Waals surface area contributed by atoms with Gasteiger partial charge in [0, 0.05) is 24.2 Å². The number of carbonyl (C=O) groups is 1. The number of anilines is 2. The summed E-state index contributed by atoms with van der Waals surface area (Å²) in [7, 11) is 0. The lowest BCUT2D eigenvalue weighted by Crippen LogP contribution is -2.26. The Kier molecular flexibility index (Phi) is 7.35. The van der Waals surface area contributed by atoms with Crippen LogP contribution in [0.5, 0.6) is 0 Å². The van der Waals surface area contributed by atoms with Crippen LogP contribution in [0.1, 0.15) is 29.7 Å². The van der Waals surface area contributed by atoms with Gasteiger partial charge in [0.2, 0.25) is 5.91 Å². The van der Waals surface area contributed by atoms with E-state index in [1.165, 1.54) is 22.0 Å². The minimum Gasteiger partial charge on any atom is -0.375 e. The van der Waals surface area contributed by atoms with Gasteiger partial charge in [0.15, 0.2) is 5.13 Å². The lowest BCUT2D eigenvalue weighted by molar-refractivity contribution is -0.115. The van der Waals surface area contributed by atoms with E-state index in [2.05, 4.69) is 29.4 Å². The molecule has 1 aromatic heterocycles. The van der Waals surface area contributed by atoms with Crippen molar-refractivity contribution < 1.29 is 10.0 Å². The Morgan fingerprint density at radius 2 is 1.93 bits per heavy atom. The zero-order valence-corrected chi connectivity index (χ0v) is 17.2. The highest BCUT2D eigenvalue weighted by Gasteiger charge is 2.10. The number of amides is 1. The summed E-state index contributed by atoms with van der Waals surface area (Å²) in [4.78, 5) is 16.2. The van der Waals surface area contributed by atoms with Gasteiger partial charge in [-0.25, -0.2) is 4.98 Å². The first-order chi connectivity index (χ1) is 14.0. The summed E-state index contributed by atoms with van der Waals surface area (Å²) < 4.78 is 0. The van der Waals surface area contributed by atoms with Gasteiger partial charge in [-0.05, 0) is 35.6 Å². The first-order valence-electron chi connectivity index (χ1n) is 9.57. The van der Waals surface area contributed by atoms with Crippen LogP contribution in [0.2, 0.25) is 0 Å². The van der Waals surface area contributed by atoms with E-state index in [1.807, 2.05) is 42.5 Å². The largest absolute Gasteiger partial charge is 0.375 e. The molecule has 0 aliphatic heterocycles. The van der Waals surface area contributed by atoms with E-state index in [-0.39, 0.29) is 18.2 Å². The van der Waals surface area contributed by atoms with Crippen molar-refractivity contribution in [3.05, 3.63) is 76.8 Å². The summed E-state index contributed by atoms with van der Waals surface area (Å²) in [5, 5.41) is 16.7. The Labute approximate surface area is 175 Å². The van der Waals surface area contributed by atoms with E-state index in [9.17, 15) is 10.0 Å². The molecule has 0 aliphatic carbocycles. The number of rotatable bonds is 9. The molecular formula is C22H26N4O2S. The average molecular weight is 411 g/mol. The van der Waals surface area contributed by atoms with Crippen LogP contribution in [-0.4, -0.2) is 34.3 Å². The normalized spacial score (nSPS) is 12.1. The Balaban J connectivity index is 1.43. The minimum absolute atomic E-state index is 0.125. The molecule has 1 atom stereocenters. The van der Waals surface area contributed by atoms with E-state index in [0.29, 0.717) is 23.9 Å². The highest BCUT2D eigenvalue weighted by molar-refractivity contribution is 7.13. The summed E-state index contributed by atoms with van der Waals surface area (Å²) in [6, 6.07) is 17.8. The van der Waals surface area contributed by atoms with Crippen molar-refractivity contribution in [3.8, 4) is 0 Å². The predicted molar refractivity (Wildman–Crippen MR) is 117 cm³/mol. The molecule has 0 bridgehead atoms. The van der Waals surface area contributed by atoms with Crippen LogP contribution in [0.15, 0.2) is 60.0 Å². The van der Waals surface area contributed by atoms with Gasteiger partial charge in [0.1, 0.15) is 0 Å². The van der Waals surface area contributed by atoms with Crippen LogP contribution in [0.25, 0.3) is 0 Å². The molecule has 0 aliphatic rings. The van der Waals surface area contributed by atoms with Crippen LogP contribution in [0.4, 0.5) is 10.8 Å². The van der Waals surface area contributed by atoms with Crippen LogP contribution < -0.4 is 11.1 Å². The number of hydrogen-bond acceptors (Lipinski definition) is 6. The molecule has 0 unspecified atom stereocenters. The predicted octanol–water partition coefficient (Wildman–Crippen LogP) is 3.94. The van der Waals surface area contributed by atoms with Crippen LogP contribution in [0, 0.1) is 0 Å². The molecule has 0 radical (unpaired) electrons. The molecule has 1 amide bonds. The third-order valence-electron chi connectivity index (χ3n) is 4.66. The second-order valence-electron chi connectivity index (χ2n) is 7.07. The molecule has 7 heteroatoms. The molecule has 3 aromatic rings. The zero-order chi connectivity index (χ0) is 20.6. The summed E-state index contributed by atoms with van der Waals surface area (Å²) in [5.41, 5.74) is 9.31. The molecule has 3 rings (SSSR count). The van der Waals surface area contributed by atoms with E-state index in [1.54, 1.807) is 5.38 Å². The number of hydroxylamine groups is 2. The van der Waals surface area contributed by atoms with Crippen molar-refractivity contribution in [1.29, 1.82) is 0 Å². The van der Waals surface area contributed by atoms with Crippen molar-refractivity contribution in [2.45, 2.75) is 25.7 Å². The van der Waals surface area contributed by atoms with Crippen LogP contribution >= 0.6 is 11.3 Å². The number of benzene rings is 2. The second kappa shape index (κ2) is 10.2. The Morgan fingerprint density at radius 3 is 2.59 bits per heavy atom. The number of aromatic nitrogens is 1. The van der Waals surface area contributed by atoms with Gasteiger partial charge in [-0.1, -0.05) is 49.4 Å². The SMILES string of the molecule is C[C@@H](CN(O)CCc1ccc(NC(=O)Cc2csc(N)n2)cc1)c1ccccc1. The number of carbonyl (C=O) groups excluding carboxylic acids is 1. The summed E-state index contributed by atoms with van der Waals surface area (Å²) in [6.07, 6.45) is 0.929. The smallest absolute Gasteiger partial charge is 0.230 e.